The number of fused-ring (bicyclic) bond motifs is 3. The van der Waals surface area contributed by atoms with Crippen LogP contribution in [0.1, 0.15) is 17.0 Å². The van der Waals surface area contributed by atoms with E-state index in [1.54, 1.807) is 5.56 Å². The minimum atomic E-state index is 0.781. The Morgan fingerprint density at radius 1 is 1.42 bits per heavy atom. The molecular weight excluding hydrogens is 148 g/mol. The molecule has 3 rings (SSSR count). The van der Waals surface area contributed by atoms with Crippen molar-refractivity contribution in [1.82, 2.24) is 10.3 Å². The minimum Gasteiger partial charge on any atom is -0.316 e. The maximum absolute atomic E-state index is 4.16. The van der Waals surface area contributed by atoms with Crippen molar-refractivity contribution in [3.05, 3.63) is 29.6 Å². The third-order valence-corrected chi connectivity index (χ3v) is 3.16. The fourth-order valence-corrected chi connectivity index (χ4v) is 2.56. The van der Waals surface area contributed by atoms with E-state index in [2.05, 4.69) is 16.4 Å². The molecule has 62 valence electrons. The van der Waals surface area contributed by atoms with Gasteiger partial charge in [0.05, 0.1) is 0 Å². The molecule has 2 atom stereocenters. The molecule has 1 aliphatic heterocycles. The van der Waals surface area contributed by atoms with Crippen molar-refractivity contribution in [2.45, 2.75) is 12.3 Å². The van der Waals surface area contributed by atoms with E-state index in [0.29, 0.717) is 0 Å². The van der Waals surface area contributed by atoms with Crippen LogP contribution in [0.2, 0.25) is 0 Å². The van der Waals surface area contributed by atoms with Gasteiger partial charge in [-0.05, 0) is 36.1 Å². The average molecular weight is 160 g/mol. The number of nitrogens with one attached hydrogen (secondary N) is 1. The van der Waals surface area contributed by atoms with Crippen LogP contribution >= 0.6 is 0 Å². The summed E-state index contributed by atoms with van der Waals surface area (Å²) in [5.74, 6) is 1.63. The molecule has 1 N–H and O–H groups in total. The predicted octanol–water partition coefficient (Wildman–Crippen LogP) is 0.941. The van der Waals surface area contributed by atoms with Crippen molar-refractivity contribution < 1.29 is 0 Å². The third kappa shape index (κ3) is 0.758. The van der Waals surface area contributed by atoms with E-state index in [-0.39, 0.29) is 0 Å². The Morgan fingerprint density at radius 3 is 3.42 bits per heavy atom. The quantitative estimate of drug-likeness (QED) is 0.611. The van der Waals surface area contributed by atoms with Crippen molar-refractivity contribution >= 4 is 0 Å². The van der Waals surface area contributed by atoms with Gasteiger partial charge in [0.15, 0.2) is 0 Å². The van der Waals surface area contributed by atoms with Gasteiger partial charge in [-0.15, -0.1) is 0 Å². The molecule has 0 bridgehead atoms. The molecule has 0 aromatic carbocycles. The Kier molecular flexibility index (Phi) is 1.27. The van der Waals surface area contributed by atoms with Gasteiger partial charge in [-0.2, -0.15) is 0 Å². The zero-order valence-electron chi connectivity index (χ0n) is 6.96. The van der Waals surface area contributed by atoms with Crippen LogP contribution in [-0.4, -0.2) is 18.1 Å². The fourth-order valence-electron chi connectivity index (χ4n) is 2.56. The van der Waals surface area contributed by atoms with Crippen molar-refractivity contribution in [2.24, 2.45) is 5.92 Å². The summed E-state index contributed by atoms with van der Waals surface area (Å²) in [4.78, 5) is 4.16. The van der Waals surface area contributed by atoms with Gasteiger partial charge < -0.3 is 5.32 Å². The second-order valence-electron chi connectivity index (χ2n) is 3.80. The number of hydrogen-bond donors (Lipinski definition) is 1. The molecular formula is C10H12N2. The summed E-state index contributed by atoms with van der Waals surface area (Å²) in [7, 11) is 0. The normalized spacial score (nSPS) is 31.7. The summed E-state index contributed by atoms with van der Waals surface area (Å²) >= 11 is 0. The average Bonchev–Trinajstić information content (AvgIpc) is 2.62. The maximum Gasteiger partial charge on any atom is 0.0302 e. The summed E-state index contributed by atoms with van der Waals surface area (Å²) in [6, 6.07) is 2.19. The fraction of sp³-hybridized carbons (Fsp3) is 0.500. The summed E-state index contributed by atoms with van der Waals surface area (Å²) in [5.41, 5.74) is 3.02. The SMILES string of the molecule is c1cc2c(cn1)C[C@@H]1CNC[C@H]21. The predicted molar refractivity (Wildman–Crippen MR) is 47.0 cm³/mol. The molecule has 0 radical (unpaired) electrons. The zero-order valence-corrected chi connectivity index (χ0v) is 6.96. The number of hydrogen-bond acceptors (Lipinski definition) is 2. The number of aromatic nitrogens is 1. The van der Waals surface area contributed by atoms with Crippen molar-refractivity contribution in [3.63, 3.8) is 0 Å². The molecule has 0 unspecified atom stereocenters. The maximum atomic E-state index is 4.16. The number of nitrogens with zero attached hydrogens (tertiary/aromatic N) is 1. The van der Waals surface area contributed by atoms with E-state index >= 15 is 0 Å². The van der Waals surface area contributed by atoms with E-state index in [4.69, 9.17) is 0 Å². The summed E-state index contributed by atoms with van der Waals surface area (Å²) in [6.45, 7) is 2.36. The first-order chi connectivity index (χ1) is 5.95. The van der Waals surface area contributed by atoms with Crippen molar-refractivity contribution in [2.75, 3.05) is 13.1 Å². The van der Waals surface area contributed by atoms with Crippen molar-refractivity contribution in [1.29, 1.82) is 0 Å². The Balaban J connectivity index is 2.09. The first kappa shape index (κ1) is 6.61. The molecule has 1 saturated heterocycles. The van der Waals surface area contributed by atoms with E-state index in [1.165, 1.54) is 25.1 Å². The van der Waals surface area contributed by atoms with Gasteiger partial charge in [0.1, 0.15) is 0 Å². The second kappa shape index (κ2) is 2.30. The van der Waals surface area contributed by atoms with Gasteiger partial charge >= 0.3 is 0 Å². The molecule has 0 amide bonds. The second-order valence-corrected chi connectivity index (χ2v) is 3.80. The van der Waals surface area contributed by atoms with E-state index in [0.717, 1.165) is 11.8 Å². The largest absolute Gasteiger partial charge is 0.316 e. The van der Waals surface area contributed by atoms with Gasteiger partial charge in [0, 0.05) is 24.9 Å². The van der Waals surface area contributed by atoms with Gasteiger partial charge in [-0.25, -0.2) is 0 Å². The monoisotopic (exact) mass is 160 g/mol. The standard InChI is InChI=1S/C10H12N2/c1-2-11-4-7-3-8-5-12-6-10(8)9(1)7/h1-2,4,8,10,12H,3,5-6H2/t8-,10+/m1/s1. The third-order valence-electron chi connectivity index (χ3n) is 3.16. The van der Waals surface area contributed by atoms with Crippen molar-refractivity contribution in [3.8, 4) is 0 Å². The highest BCUT2D eigenvalue weighted by molar-refractivity contribution is 5.35. The molecule has 1 aromatic heterocycles. The Hall–Kier alpha value is -0.890. The molecule has 2 heteroatoms. The molecule has 2 aliphatic rings. The smallest absolute Gasteiger partial charge is 0.0302 e. The first-order valence-electron chi connectivity index (χ1n) is 4.58. The van der Waals surface area contributed by atoms with E-state index in [9.17, 15) is 0 Å². The van der Waals surface area contributed by atoms with Crippen LogP contribution in [0.25, 0.3) is 0 Å². The van der Waals surface area contributed by atoms with Crippen LogP contribution < -0.4 is 5.32 Å². The van der Waals surface area contributed by atoms with Gasteiger partial charge in [0.2, 0.25) is 0 Å². The van der Waals surface area contributed by atoms with Crippen LogP contribution in [0.3, 0.4) is 0 Å². The van der Waals surface area contributed by atoms with E-state index < -0.39 is 0 Å². The molecule has 1 aliphatic carbocycles. The molecule has 2 heterocycles. The molecule has 2 nitrogen and oxygen atoms in total. The minimum absolute atomic E-state index is 0.781. The lowest BCUT2D eigenvalue weighted by Gasteiger charge is -2.06. The lowest BCUT2D eigenvalue weighted by atomic mass is 9.97. The lowest BCUT2D eigenvalue weighted by molar-refractivity contribution is 0.564. The summed E-state index contributed by atoms with van der Waals surface area (Å²) < 4.78 is 0. The van der Waals surface area contributed by atoms with Crippen LogP contribution in [0.15, 0.2) is 18.5 Å². The Morgan fingerprint density at radius 2 is 2.42 bits per heavy atom. The van der Waals surface area contributed by atoms with Crippen LogP contribution in [-0.2, 0) is 6.42 Å². The van der Waals surface area contributed by atoms with Crippen LogP contribution in [0.4, 0.5) is 0 Å². The summed E-state index contributed by atoms with van der Waals surface area (Å²) in [6.07, 6.45) is 5.19. The summed E-state index contributed by atoms with van der Waals surface area (Å²) in [5, 5.41) is 3.44. The van der Waals surface area contributed by atoms with Gasteiger partial charge in [-0.1, -0.05) is 0 Å². The highest BCUT2D eigenvalue weighted by atomic mass is 14.9. The van der Waals surface area contributed by atoms with Gasteiger partial charge in [0.25, 0.3) is 0 Å². The molecule has 1 fully saturated rings. The number of rotatable bonds is 0. The number of pyridine rings is 1. The molecule has 0 saturated carbocycles. The zero-order chi connectivity index (χ0) is 7.97. The Bertz CT molecular complexity index is 308. The molecule has 1 aromatic rings. The molecule has 12 heavy (non-hydrogen) atoms. The highest BCUT2D eigenvalue weighted by Crippen LogP contribution is 2.39. The van der Waals surface area contributed by atoms with Gasteiger partial charge in [-0.3, -0.25) is 4.98 Å². The lowest BCUT2D eigenvalue weighted by Crippen LogP contribution is -2.10. The highest BCUT2D eigenvalue weighted by Gasteiger charge is 2.35. The molecule has 0 spiro atoms. The Labute approximate surface area is 72.0 Å². The van der Waals surface area contributed by atoms with Crippen LogP contribution in [0.5, 0.6) is 0 Å². The topological polar surface area (TPSA) is 24.9 Å². The first-order valence-corrected chi connectivity index (χ1v) is 4.58. The van der Waals surface area contributed by atoms with Crippen LogP contribution in [0, 0.1) is 5.92 Å². The van der Waals surface area contributed by atoms with E-state index in [1.807, 2.05) is 12.4 Å².